The lowest BCUT2D eigenvalue weighted by molar-refractivity contribution is -0.175. The van der Waals surface area contributed by atoms with Crippen molar-refractivity contribution in [3.8, 4) is 0 Å². The molecule has 0 aromatic carbocycles. The lowest BCUT2D eigenvalue weighted by atomic mass is 9.43. The molecule has 8 atom stereocenters. The van der Waals surface area contributed by atoms with Gasteiger partial charge in [0.15, 0.2) is 5.78 Å². The Morgan fingerprint density at radius 1 is 1.17 bits per heavy atom. The molecule has 0 amide bonds. The first kappa shape index (κ1) is 24.7. The third kappa shape index (κ3) is 3.75. The molecule has 0 unspecified atom stereocenters. The Morgan fingerprint density at radius 2 is 2.00 bits per heavy atom. The van der Waals surface area contributed by atoms with Crippen molar-refractivity contribution in [3.05, 3.63) is 17.3 Å². The van der Waals surface area contributed by atoms with Gasteiger partial charge in [0.25, 0.3) is 0 Å². The quantitative estimate of drug-likeness (QED) is 0.598. The van der Waals surface area contributed by atoms with Gasteiger partial charge in [-0.3, -0.25) is 4.79 Å². The van der Waals surface area contributed by atoms with Crippen LogP contribution in [0.15, 0.2) is 12.3 Å². The summed E-state index contributed by atoms with van der Waals surface area (Å²) in [5.41, 5.74) is 0.900. The number of Topliss-reactive ketones (excluding diaryl/α,β-unsaturated/α-hetero) is 1. The van der Waals surface area contributed by atoms with Crippen molar-refractivity contribution < 1.29 is 14.6 Å². The van der Waals surface area contributed by atoms with Crippen LogP contribution >= 0.6 is 11.6 Å². The lowest BCUT2D eigenvalue weighted by Crippen LogP contribution is -2.58. The number of fused-ring (bicyclic) bond motifs is 6. The van der Waals surface area contributed by atoms with E-state index in [1.54, 1.807) is 16.9 Å². The van der Waals surface area contributed by atoms with Gasteiger partial charge in [-0.25, -0.2) is 9.67 Å². The number of ether oxygens (including phenoxy) is 1. The topological polar surface area (TPSA) is 90.1 Å². The van der Waals surface area contributed by atoms with Gasteiger partial charge in [0.2, 0.25) is 5.65 Å². The molecule has 6 rings (SSSR count). The van der Waals surface area contributed by atoms with Crippen LogP contribution in [-0.2, 0) is 16.1 Å². The molecule has 1 N–H and O–H groups in total. The predicted octanol–water partition coefficient (Wildman–Crippen LogP) is 5.09. The molecule has 4 aliphatic rings. The summed E-state index contributed by atoms with van der Waals surface area (Å²) in [4.78, 5) is 18.0. The molecule has 4 saturated carbocycles. The van der Waals surface area contributed by atoms with Crippen molar-refractivity contribution in [3.63, 3.8) is 0 Å². The number of nitrogens with zero attached hydrogens (tertiary/aromatic N) is 4. The Labute approximate surface area is 218 Å². The van der Waals surface area contributed by atoms with Crippen LogP contribution in [0.2, 0.25) is 5.02 Å². The molecular weight excluding hydrogens is 476 g/mol. The van der Waals surface area contributed by atoms with Crippen molar-refractivity contribution in [2.24, 2.45) is 40.4 Å². The highest BCUT2D eigenvalue weighted by atomic mass is 35.5. The van der Waals surface area contributed by atoms with E-state index in [1.807, 2.05) is 14.0 Å². The van der Waals surface area contributed by atoms with Crippen LogP contribution in [0.4, 0.5) is 0 Å². The maximum Gasteiger partial charge on any atom is 0.201 e. The van der Waals surface area contributed by atoms with Gasteiger partial charge in [0.05, 0.1) is 17.2 Å². The van der Waals surface area contributed by atoms with Gasteiger partial charge in [-0.1, -0.05) is 23.7 Å². The van der Waals surface area contributed by atoms with Gasteiger partial charge in [-0.05, 0) is 105 Å². The number of hydrogen-bond donors (Lipinski definition) is 1. The van der Waals surface area contributed by atoms with Gasteiger partial charge in [-0.15, -0.1) is 5.10 Å². The number of carbonyl (C=O) groups is 1. The average molecular weight is 515 g/mol. The van der Waals surface area contributed by atoms with E-state index in [0.717, 1.165) is 51.6 Å². The molecule has 4 aliphatic carbocycles. The molecule has 4 fully saturated rings. The van der Waals surface area contributed by atoms with E-state index >= 15 is 0 Å². The van der Waals surface area contributed by atoms with E-state index < -0.39 is 5.60 Å². The second-order valence-corrected chi connectivity index (χ2v) is 13.3. The Balaban J connectivity index is 1.24. The van der Waals surface area contributed by atoms with E-state index in [2.05, 4.69) is 22.2 Å². The predicted molar refractivity (Wildman–Crippen MR) is 137 cm³/mol. The monoisotopic (exact) mass is 514 g/mol. The molecule has 2 aromatic rings. The first-order valence-corrected chi connectivity index (χ1v) is 14.1. The summed E-state index contributed by atoms with van der Waals surface area (Å²) in [5, 5.41) is 19.7. The number of pyridine rings is 1. The minimum absolute atomic E-state index is 0.0335. The zero-order valence-corrected chi connectivity index (χ0v) is 22.5. The smallest absolute Gasteiger partial charge is 0.201 e. The Kier molecular flexibility index (Phi) is 6.01. The van der Waals surface area contributed by atoms with Crippen LogP contribution < -0.4 is 0 Å². The van der Waals surface area contributed by atoms with Gasteiger partial charge < -0.3 is 9.84 Å². The van der Waals surface area contributed by atoms with Crippen LogP contribution in [-0.4, -0.2) is 50.2 Å². The van der Waals surface area contributed by atoms with Crippen LogP contribution in [0.3, 0.4) is 0 Å². The first-order valence-electron chi connectivity index (χ1n) is 13.8. The molecule has 196 valence electrons. The molecule has 7 nitrogen and oxygen atoms in total. The van der Waals surface area contributed by atoms with E-state index in [1.165, 1.54) is 12.8 Å². The molecule has 36 heavy (non-hydrogen) atoms. The van der Waals surface area contributed by atoms with E-state index in [4.69, 9.17) is 16.3 Å². The SMILES string of the molecule is COC[C@]12CC[C@@](C)(O)C[C@@H]1CC[C@H]1[C@@H]3CC[C@H](C(=O)Cn4nnc5ncc(Cl)cc54)[C@@]3(C)CC[C@@H]12. The summed E-state index contributed by atoms with van der Waals surface area (Å²) in [5.74, 6) is 2.70. The van der Waals surface area contributed by atoms with Crippen molar-refractivity contribution in [2.75, 3.05) is 13.7 Å². The van der Waals surface area contributed by atoms with Crippen LogP contribution in [0, 0.1) is 40.4 Å². The summed E-state index contributed by atoms with van der Waals surface area (Å²) in [6.07, 6.45) is 11.1. The van der Waals surface area contributed by atoms with Gasteiger partial charge in [0.1, 0.15) is 12.1 Å². The Bertz CT molecular complexity index is 1170. The van der Waals surface area contributed by atoms with E-state index in [0.29, 0.717) is 39.9 Å². The minimum Gasteiger partial charge on any atom is -0.390 e. The molecule has 0 spiro atoms. The third-order valence-electron chi connectivity index (χ3n) is 11.1. The summed E-state index contributed by atoms with van der Waals surface area (Å²) < 4.78 is 7.56. The molecule has 2 aromatic heterocycles. The number of aromatic nitrogens is 4. The number of rotatable bonds is 5. The van der Waals surface area contributed by atoms with Crippen molar-refractivity contribution in [1.29, 1.82) is 0 Å². The number of carbonyl (C=O) groups excluding carboxylic acids is 1. The van der Waals surface area contributed by atoms with Crippen LogP contribution in [0.1, 0.15) is 71.6 Å². The summed E-state index contributed by atoms with van der Waals surface area (Å²) >= 11 is 6.15. The fourth-order valence-electron chi connectivity index (χ4n) is 9.52. The largest absolute Gasteiger partial charge is 0.390 e. The highest BCUT2D eigenvalue weighted by Crippen LogP contribution is 2.68. The number of aliphatic hydroxyl groups is 1. The van der Waals surface area contributed by atoms with Crippen LogP contribution in [0.5, 0.6) is 0 Å². The minimum atomic E-state index is -0.548. The second kappa shape index (κ2) is 8.74. The molecule has 2 heterocycles. The van der Waals surface area contributed by atoms with E-state index in [-0.39, 0.29) is 29.1 Å². The highest BCUT2D eigenvalue weighted by molar-refractivity contribution is 6.31. The number of halogens is 1. The standard InChI is InChI=1S/C28H39ClN4O3/c1-26(35)10-11-28(16-36-3)17(13-26)4-5-19-20-6-7-22(27(20,2)9-8-21(19)28)24(34)15-33-23-12-18(29)14-30-25(23)31-32-33/h12,14,17,19-22,35H,4-11,13,15-16H2,1-3H3/t17-,19-,20-,21-,22+,26+,27-,28+/m0/s1. The van der Waals surface area contributed by atoms with Crippen molar-refractivity contribution in [2.45, 2.75) is 83.8 Å². The Morgan fingerprint density at radius 3 is 2.81 bits per heavy atom. The van der Waals surface area contributed by atoms with Crippen LogP contribution in [0.25, 0.3) is 11.2 Å². The van der Waals surface area contributed by atoms with E-state index in [9.17, 15) is 9.90 Å². The maximum absolute atomic E-state index is 13.7. The normalized spacial score (nSPS) is 42.1. The molecule has 0 aliphatic heterocycles. The fraction of sp³-hybridized carbons (Fsp3) is 0.786. The zero-order valence-electron chi connectivity index (χ0n) is 21.8. The summed E-state index contributed by atoms with van der Waals surface area (Å²) in [6, 6.07) is 1.79. The van der Waals surface area contributed by atoms with Gasteiger partial charge in [0, 0.05) is 19.2 Å². The number of methoxy groups -OCH3 is 1. The van der Waals surface area contributed by atoms with Crippen molar-refractivity contribution in [1.82, 2.24) is 20.0 Å². The fourth-order valence-corrected chi connectivity index (χ4v) is 9.67. The number of ketones is 1. The summed E-state index contributed by atoms with van der Waals surface area (Å²) in [6.45, 7) is 5.44. The van der Waals surface area contributed by atoms with Crippen molar-refractivity contribution >= 4 is 28.5 Å². The first-order chi connectivity index (χ1) is 17.2. The molecular formula is C28H39ClN4O3. The lowest BCUT2D eigenvalue weighted by Gasteiger charge is -2.62. The third-order valence-corrected chi connectivity index (χ3v) is 11.3. The van der Waals surface area contributed by atoms with Gasteiger partial charge >= 0.3 is 0 Å². The average Bonchev–Trinajstić information content (AvgIpc) is 3.39. The molecule has 8 heteroatoms. The maximum atomic E-state index is 13.7. The Hall–Kier alpha value is -1.57. The molecule has 0 bridgehead atoms. The van der Waals surface area contributed by atoms with Gasteiger partial charge in [-0.2, -0.15) is 0 Å². The highest BCUT2D eigenvalue weighted by Gasteiger charge is 2.63. The summed E-state index contributed by atoms with van der Waals surface area (Å²) in [7, 11) is 1.84. The molecule has 0 radical (unpaired) electrons. The molecule has 0 saturated heterocycles. The second-order valence-electron chi connectivity index (χ2n) is 12.9. The number of hydrogen-bond acceptors (Lipinski definition) is 6. The zero-order chi connectivity index (χ0) is 25.3.